The minimum absolute atomic E-state index is 0.609. The average Bonchev–Trinajstić information content (AvgIpc) is 2.46. The number of halogens is 1. The van der Waals surface area contributed by atoms with Crippen LogP contribution in [0.15, 0.2) is 24.4 Å². The van der Waals surface area contributed by atoms with Crippen LogP contribution >= 0.6 is 11.6 Å². The van der Waals surface area contributed by atoms with Crippen molar-refractivity contribution in [1.82, 2.24) is 9.78 Å². The lowest BCUT2D eigenvalue weighted by atomic mass is 10.3. The topological polar surface area (TPSA) is 43.8 Å². The number of anilines is 1. The van der Waals surface area contributed by atoms with Crippen LogP contribution in [0.25, 0.3) is 5.69 Å². The molecular formula is C11H12ClN3. The Hall–Kier alpha value is -1.48. The summed E-state index contributed by atoms with van der Waals surface area (Å²) in [6.45, 7) is 3.99. The minimum atomic E-state index is 0.609. The number of benzene rings is 1. The van der Waals surface area contributed by atoms with Gasteiger partial charge in [0.05, 0.1) is 16.4 Å². The summed E-state index contributed by atoms with van der Waals surface area (Å²) in [6.07, 6.45) is 1.95. The van der Waals surface area contributed by atoms with Crippen molar-refractivity contribution >= 4 is 17.3 Å². The number of nitrogens with two attached hydrogens (primary N) is 1. The van der Waals surface area contributed by atoms with Crippen LogP contribution in [0.4, 0.5) is 5.69 Å². The van der Waals surface area contributed by atoms with Gasteiger partial charge in [-0.05, 0) is 37.6 Å². The zero-order valence-electron chi connectivity index (χ0n) is 8.66. The van der Waals surface area contributed by atoms with E-state index in [9.17, 15) is 0 Å². The van der Waals surface area contributed by atoms with E-state index in [4.69, 9.17) is 17.3 Å². The smallest absolute Gasteiger partial charge is 0.0833 e. The molecule has 15 heavy (non-hydrogen) atoms. The van der Waals surface area contributed by atoms with Crippen molar-refractivity contribution in [1.29, 1.82) is 0 Å². The monoisotopic (exact) mass is 221 g/mol. The van der Waals surface area contributed by atoms with Gasteiger partial charge < -0.3 is 5.73 Å². The fourth-order valence-electron chi connectivity index (χ4n) is 1.38. The average molecular weight is 222 g/mol. The van der Waals surface area contributed by atoms with Gasteiger partial charge in [-0.15, -0.1) is 0 Å². The molecule has 0 saturated heterocycles. The van der Waals surface area contributed by atoms with E-state index in [1.165, 1.54) is 0 Å². The van der Waals surface area contributed by atoms with Gasteiger partial charge in [-0.1, -0.05) is 11.6 Å². The maximum Gasteiger partial charge on any atom is 0.0833 e. The summed E-state index contributed by atoms with van der Waals surface area (Å²) < 4.78 is 1.77. The van der Waals surface area contributed by atoms with Gasteiger partial charge in [0.25, 0.3) is 0 Å². The molecule has 78 valence electrons. The number of aryl methyl sites for hydroxylation is 2. The lowest BCUT2D eigenvalue weighted by molar-refractivity contribution is 0.863. The zero-order valence-corrected chi connectivity index (χ0v) is 9.42. The highest BCUT2D eigenvalue weighted by atomic mass is 35.5. The van der Waals surface area contributed by atoms with Crippen LogP contribution in [-0.4, -0.2) is 9.78 Å². The number of rotatable bonds is 1. The van der Waals surface area contributed by atoms with E-state index in [2.05, 4.69) is 5.10 Å². The number of hydrogen-bond donors (Lipinski definition) is 1. The summed E-state index contributed by atoms with van der Waals surface area (Å²) in [4.78, 5) is 0. The molecule has 0 bridgehead atoms. The molecular weight excluding hydrogens is 210 g/mol. The van der Waals surface area contributed by atoms with Crippen LogP contribution < -0.4 is 5.73 Å². The summed E-state index contributed by atoms with van der Waals surface area (Å²) in [5, 5.41) is 4.97. The van der Waals surface area contributed by atoms with Crippen molar-refractivity contribution < 1.29 is 0 Å². The Labute approximate surface area is 93.5 Å². The summed E-state index contributed by atoms with van der Waals surface area (Å²) in [6, 6.07) is 5.40. The van der Waals surface area contributed by atoms with Gasteiger partial charge in [-0.2, -0.15) is 5.10 Å². The summed E-state index contributed by atoms with van der Waals surface area (Å²) in [5.74, 6) is 0. The highest BCUT2D eigenvalue weighted by molar-refractivity contribution is 6.32. The molecule has 2 aromatic rings. The first-order chi connectivity index (χ1) is 7.08. The Bertz CT molecular complexity index is 483. The number of hydrogen-bond acceptors (Lipinski definition) is 2. The standard InChI is InChI=1S/C11H12ClN3/c1-7-6-15(14-8(7)2)11-4-3-9(13)5-10(11)12/h3-6H,13H2,1-2H3. The third-order valence-corrected chi connectivity index (χ3v) is 2.67. The van der Waals surface area contributed by atoms with Gasteiger partial charge in [0.1, 0.15) is 0 Å². The second kappa shape index (κ2) is 3.59. The maximum atomic E-state index is 6.08. The molecule has 0 aliphatic rings. The van der Waals surface area contributed by atoms with Crippen molar-refractivity contribution in [3.05, 3.63) is 40.7 Å². The second-order valence-electron chi connectivity index (χ2n) is 3.55. The predicted molar refractivity (Wildman–Crippen MR) is 62.5 cm³/mol. The van der Waals surface area contributed by atoms with Gasteiger partial charge >= 0.3 is 0 Å². The summed E-state index contributed by atoms with van der Waals surface area (Å²) in [7, 11) is 0. The lowest BCUT2D eigenvalue weighted by Crippen LogP contribution is -1.96. The molecule has 0 spiro atoms. The van der Waals surface area contributed by atoms with Crippen LogP contribution in [0.5, 0.6) is 0 Å². The first-order valence-corrected chi connectivity index (χ1v) is 5.04. The minimum Gasteiger partial charge on any atom is -0.399 e. The molecule has 2 N–H and O–H groups in total. The number of nitrogen functional groups attached to an aromatic ring is 1. The highest BCUT2D eigenvalue weighted by Gasteiger charge is 2.06. The third kappa shape index (κ3) is 1.83. The molecule has 0 aliphatic heterocycles. The molecule has 0 fully saturated rings. The van der Waals surface area contributed by atoms with Crippen molar-refractivity contribution in [3.8, 4) is 5.69 Å². The molecule has 0 unspecified atom stereocenters. The van der Waals surface area contributed by atoms with Crippen molar-refractivity contribution in [2.24, 2.45) is 0 Å². The molecule has 0 atom stereocenters. The van der Waals surface area contributed by atoms with E-state index < -0.39 is 0 Å². The van der Waals surface area contributed by atoms with Gasteiger partial charge in [0, 0.05) is 11.9 Å². The molecule has 1 heterocycles. The van der Waals surface area contributed by atoms with E-state index in [0.29, 0.717) is 10.7 Å². The summed E-state index contributed by atoms with van der Waals surface area (Å²) in [5.41, 5.74) is 9.28. The van der Waals surface area contributed by atoms with E-state index in [1.807, 2.05) is 32.2 Å². The molecule has 0 saturated carbocycles. The molecule has 0 radical (unpaired) electrons. The van der Waals surface area contributed by atoms with Gasteiger partial charge in [-0.3, -0.25) is 0 Å². The Morgan fingerprint density at radius 3 is 2.60 bits per heavy atom. The molecule has 3 nitrogen and oxygen atoms in total. The molecule has 2 rings (SSSR count). The number of nitrogens with zero attached hydrogens (tertiary/aromatic N) is 2. The predicted octanol–water partition coefficient (Wildman–Crippen LogP) is 2.72. The van der Waals surface area contributed by atoms with Crippen LogP contribution in [0, 0.1) is 13.8 Å². The Kier molecular flexibility index (Phi) is 2.40. The molecule has 4 heteroatoms. The SMILES string of the molecule is Cc1cn(-c2ccc(N)cc2Cl)nc1C. The fourth-order valence-corrected chi connectivity index (χ4v) is 1.65. The van der Waals surface area contributed by atoms with E-state index >= 15 is 0 Å². The first kappa shape index (κ1) is 10.1. The second-order valence-corrected chi connectivity index (χ2v) is 3.96. The van der Waals surface area contributed by atoms with Crippen molar-refractivity contribution in [3.63, 3.8) is 0 Å². The summed E-state index contributed by atoms with van der Waals surface area (Å²) >= 11 is 6.08. The van der Waals surface area contributed by atoms with Gasteiger partial charge in [0.15, 0.2) is 0 Å². The van der Waals surface area contributed by atoms with Crippen molar-refractivity contribution in [2.75, 3.05) is 5.73 Å². The Balaban J connectivity index is 2.54. The van der Waals surface area contributed by atoms with Gasteiger partial charge in [-0.25, -0.2) is 4.68 Å². The van der Waals surface area contributed by atoms with E-state index in [-0.39, 0.29) is 0 Å². The molecule has 0 aliphatic carbocycles. The van der Waals surface area contributed by atoms with Crippen LogP contribution in [0.3, 0.4) is 0 Å². The first-order valence-electron chi connectivity index (χ1n) is 4.66. The normalized spacial score (nSPS) is 10.6. The maximum absolute atomic E-state index is 6.08. The lowest BCUT2D eigenvalue weighted by Gasteiger charge is -2.04. The zero-order chi connectivity index (χ0) is 11.0. The Morgan fingerprint density at radius 2 is 2.07 bits per heavy atom. The molecule has 0 amide bonds. The fraction of sp³-hybridized carbons (Fsp3) is 0.182. The van der Waals surface area contributed by atoms with Crippen LogP contribution in [0.2, 0.25) is 5.02 Å². The largest absolute Gasteiger partial charge is 0.399 e. The van der Waals surface area contributed by atoms with E-state index in [1.54, 1.807) is 10.7 Å². The quantitative estimate of drug-likeness (QED) is 0.753. The highest BCUT2D eigenvalue weighted by Crippen LogP contribution is 2.23. The van der Waals surface area contributed by atoms with E-state index in [0.717, 1.165) is 16.9 Å². The van der Waals surface area contributed by atoms with Crippen LogP contribution in [0.1, 0.15) is 11.3 Å². The third-order valence-electron chi connectivity index (χ3n) is 2.36. The van der Waals surface area contributed by atoms with Gasteiger partial charge in [0.2, 0.25) is 0 Å². The molecule has 1 aromatic heterocycles. The van der Waals surface area contributed by atoms with Crippen LogP contribution in [-0.2, 0) is 0 Å². The van der Waals surface area contributed by atoms with Crippen molar-refractivity contribution in [2.45, 2.75) is 13.8 Å². The number of aromatic nitrogens is 2. The Morgan fingerprint density at radius 1 is 1.33 bits per heavy atom. The molecule has 1 aromatic carbocycles.